The minimum atomic E-state index is -0.331. The van der Waals surface area contributed by atoms with Gasteiger partial charge in [-0.2, -0.15) is 5.10 Å². The summed E-state index contributed by atoms with van der Waals surface area (Å²) >= 11 is 9.22. The molecule has 0 unspecified atom stereocenters. The van der Waals surface area contributed by atoms with Crippen LogP contribution in [0.4, 0.5) is 0 Å². The predicted molar refractivity (Wildman–Crippen MR) is 140 cm³/mol. The van der Waals surface area contributed by atoms with E-state index in [1.165, 1.54) is 0 Å². The molecule has 170 valence electrons. The second kappa shape index (κ2) is 10.7. The number of carbonyl (C=O) groups excluding carboxylic acids is 1. The molecule has 0 bridgehead atoms. The molecule has 3 aromatic carbocycles. The van der Waals surface area contributed by atoms with Crippen LogP contribution in [-0.2, 0) is 6.61 Å². The van der Waals surface area contributed by atoms with E-state index in [-0.39, 0.29) is 12.7 Å². The molecule has 1 aliphatic heterocycles. The first-order valence-electron chi connectivity index (χ1n) is 9.62. The number of halogens is 3. The fraction of sp³-hybridized carbons (Fsp3) is 0.130. The minimum absolute atomic E-state index is 0.235. The lowest BCUT2D eigenvalue weighted by Crippen LogP contribution is -2.17. The van der Waals surface area contributed by atoms with Crippen molar-refractivity contribution in [3.8, 4) is 23.0 Å². The van der Waals surface area contributed by atoms with Gasteiger partial charge >= 0.3 is 0 Å². The zero-order valence-electron chi connectivity index (χ0n) is 17.2. The van der Waals surface area contributed by atoms with Crippen LogP contribution < -0.4 is 24.4 Å². The van der Waals surface area contributed by atoms with Gasteiger partial charge in [0.1, 0.15) is 18.1 Å². The number of nitrogens with zero attached hydrogens (tertiary/aromatic N) is 1. The fourth-order valence-corrected chi connectivity index (χ4v) is 5.02. The Bertz CT molecular complexity index is 1210. The quantitative estimate of drug-likeness (QED) is 0.190. The minimum Gasteiger partial charge on any atom is -0.496 e. The van der Waals surface area contributed by atoms with E-state index in [4.69, 9.17) is 18.9 Å². The van der Waals surface area contributed by atoms with Crippen molar-refractivity contribution in [3.63, 3.8) is 0 Å². The molecule has 4 rings (SSSR count). The highest BCUT2D eigenvalue weighted by Gasteiger charge is 2.15. The first kappa shape index (κ1) is 23.8. The average Bonchev–Trinajstić information content (AvgIpc) is 3.26. The van der Waals surface area contributed by atoms with Crippen LogP contribution in [0.2, 0.25) is 0 Å². The molecule has 1 amide bonds. The molecule has 0 radical (unpaired) electrons. The number of amides is 1. The molecule has 0 saturated carbocycles. The van der Waals surface area contributed by atoms with Crippen LogP contribution in [0.15, 0.2) is 62.6 Å². The standard InChI is InChI=1S/C23H17Br2IN2O5/c1-30-20-9-15(3-4-18(20)26)23(29)28-27-10-14-6-16(24)22(17(25)7-14)31-11-13-2-5-19-21(8-13)33-12-32-19/h2-10H,11-12H2,1H3,(H,28,29)/b27-10-. The maximum Gasteiger partial charge on any atom is 0.271 e. The Kier molecular flexibility index (Phi) is 7.76. The third-order valence-electron chi connectivity index (χ3n) is 4.63. The maximum atomic E-state index is 12.4. The van der Waals surface area contributed by atoms with Crippen LogP contribution in [0.1, 0.15) is 21.5 Å². The molecule has 0 aliphatic carbocycles. The summed E-state index contributed by atoms with van der Waals surface area (Å²) in [5.74, 6) is 2.41. The molecule has 1 N–H and O–H groups in total. The normalized spacial score (nSPS) is 12.1. The summed E-state index contributed by atoms with van der Waals surface area (Å²) in [6.07, 6.45) is 1.55. The van der Waals surface area contributed by atoms with Crippen molar-refractivity contribution < 1.29 is 23.7 Å². The van der Waals surface area contributed by atoms with Gasteiger partial charge in [-0.15, -0.1) is 0 Å². The van der Waals surface area contributed by atoms with Gasteiger partial charge < -0.3 is 18.9 Å². The van der Waals surface area contributed by atoms with Crippen molar-refractivity contribution in [1.29, 1.82) is 0 Å². The summed E-state index contributed by atoms with van der Waals surface area (Å²) in [7, 11) is 1.57. The number of hydrazone groups is 1. The Morgan fingerprint density at radius 2 is 1.88 bits per heavy atom. The number of carbonyl (C=O) groups is 1. The van der Waals surface area contributed by atoms with Crippen molar-refractivity contribution in [2.75, 3.05) is 13.9 Å². The Labute approximate surface area is 220 Å². The SMILES string of the molecule is COc1cc(C(=O)N/N=C\c2cc(Br)c(OCc3ccc4c(c3)OCO4)c(Br)c2)ccc1I. The van der Waals surface area contributed by atoms with E-state index in [1.54, 1.807) is 25.5 Å². The van der Waals surface area contributed by atoms with Crippen LogP contribution in [0.25, 0.3) is 0 Å². The third kappa shape index (κ3) is 5.79. The van der Waals surface area contributed by atoms with Gasteiger partial charge in [-0.25, -0.2) is 5.43 Å². The molecule has 3 aromatic rings. The second-order valence-electron chi connectivity index (χ2n) is 6.84. The highest BCUT2D eigenvalue weighted by atomic mass is 127. The first-order chi connectivity index (χ1) is 15.9. The number of hydrogen-bond acceptors (Lipinski definition) is 6. The Hall–Kier alpha value is -2.31. The zero-order valence-corrected chi connectivity index (χ0v) is 22.6. The molecule has 33 heavy (non-hydrogen) atoms. The Morgan fingerprint density at radius 1 is 1.12 bits per heavy atom. The zero-order chi connectivity index (χ0) is 23.4. The summed E-state index contributed by atoms with van der Waals surface area (Å²) in [4.78, 5) is 12.4. The Morgan fingerprint density at radius 3 is 2.64 bits per heavy atom. The average molecular weight is 688 g/mol. The van der Waals surface area contributed by atoms with Crippen LogP contribution in [0.5, 0.6) is 23.0 Å². The van der Waals surface area contributed by atoms with Gasteiger partial charge in [0, 0.05) is 5.56 Å². The van der Waals surface area contributed by atoms with Crippen molar-refractivity contribution >= 4 is 66.6 Å². The topological polar surface area (TPSA) is 78.4 Å². The summed E-state index contributed by atoms with van der Waals surface area (Å²) in [5.41, 5.74) is 4.71. The van der Waals surface area contributed by atoms with Crippen molar-refractivity contribution in [3.05, 3.63) is 77.7 Å². The van der Waals surface area contributed by atoms with E-state index in [1.807, 2.05) is 36.4 Å². The molecular weight excluding hydrogens is 671 g/mol. The summed E-state index contributed by atoms with van der Waals surface area (Å²) in [6, 6.07) is 14.6. The van der Waals surface area contributed by atoms with Crippen LogP contribution in [0.3, 0.4) is 0 Å². The van der Waals surface area contributed by atoms with E-state index in [9.17, 15) is 4.79 Å². The van der Waals surface area contributed by atoms with E-state index < -0.39 is 0 Å². The predicted octanol–water partition coefficient (Wildman–Crippen LogP) is 5.90. The molecule has 0 fully saturated rings. The van der Waals surface area contributed by atoms with Gasteiger partial charge in [-0.3, -0.25) is 4.79 Å². The number of fused-ring (bicyclic) bond motifs is 1. The van der Waals surface area contributed by atoms with Crippen molar-refractivity contribution in [2.24, 2.45) is 5.10 Å². The van der Waals surface area contributed by atoms with Gasteiger partial charge in [0.05, 0.1) is 25.8 Å². The molecule has 0 saturated heterocycles. The highest BCUT2D eigenvalue weighted by Crippen LogP contribution is 2.36. The largest absolute Gasteiger partial charge is 0.496 e. The molecule has 7 nitrogen and oxygen atoms in total. The van der Waals surface area contributed by atoms with Crippen LogP contribution >= 0.6 is 54.5 Å². The fourth-order valence-electron chi connectivity index (χ4n) is 3.01. The molecule has 10 heteroatoms. The summed E-state index contributed by atoms with van der Waals surface area (Å²) in [5, 5.41) is 4.06. The van der Waals surface area contributed by atoms with E-state index in [0.29, 0.717) is 29.4 Å². The summed E-state index contributed by atoms with van der Waals surface area (Å²) < 4.78 is 24.4. The molecular formula is C23H17Br2IN2O5. The van der Waals surface area contributed by atoms with Gasteiger partial charge in [0.2, 0.25) is 6.79 Å². The monoisotopic (exact) mass is 686 g/mol. The van der Waals surface area contributed by atoms with E-state index in [2.05, 4.69) is 65.0 Å². The molecule has 0 aromatic heterocycles. The smallest absolute Gasteiger partial charge is 0.271 e. The maximum absolute atomic E-state index is 12.4. The molecule has 1 heterocycles. The van der Waals surface area contributed by atoms with Gasteiger partial charge in [0.15, 0.2) is 11.5 Å². The highest BCUT2D eigenvalue weighted by molar-refractivity contribution is 14.1. The number of methoxy groups -OCH3 is 1. The summed E-state index contributed by atoms with van der Waals surface area (Å²) in [6.45, 7) is 0.593. The van der Waals surface area contributed by atoms with E-state index >= 15 is 0 Å². The number of benzene rings is 3. The van der Waals surface area contributed by atoms with Gasteiger partial charge in [-0.05, 0) is 108 Å². The number of hydrogen-bond donors (Lipinski definition) is 1. The number of rotatable bonds is 7. The van der Waals surface area contributed by atoms with Crippen molar-refractivity contribution in [1.82, 2.24) is 5.43 Å². The lowest BCUT2D eigenvalue weighted by Gasteiger charge is -2.12. The second-order valence-corrected chi connectivity index (χ2v) is 9.71. The Balaban J connectivity index is 1.39. The lowest BCUT2D eigenvalue weighted by atomic mass is 10.2. The van der Waals surface area contributed by atoms with Crippen LogP contribution in [0, 0.1) is 3.57 Å². The molecule has 0 atom stereocenters. The van der Waals surface area contributed by atoms with Gasteiger partial charge in [-0.1, -0.05) is 6.07 Å². The van der Waals surface area contributed by atoms with Gasteiger partial charge in [0.25, 0.3) is 5.91 Å². The first-order valence-corrected chi connectivity index (χ1v) is 12.3. The number of ether oxygens (including phenoxy) is 4. The van der Waals surface area contributed by atoms with Crippen LogP contribution in [-0.4, -0.2) is 26.0 Å². The molecule has 0 spiro atoms. The lowest BCUT2D eigenvalue weighted by molar-refractivity contribution is 0.0954. The van der Waals surface area contributed by atoms with Crippen molar-refractivity contribution in [2.45, 2.75) is 6.61 Å². The van der Waals surface area contributed by atoms with E-state index in [0.717, 1.165) is 29.4 Å². The number of nitrogens with one attached hydrogen (secondary N) is 1. The molecule has 1 aliphatic rings. The third-order valence-corrected chi connectivity index (χ3v) is 6.70.